The Hall–Kier alpha value is -4.06. The monoisotopic (exact) mass is 484 g/mol. The summed E-state index contributed by atoms with van der Waals surface area (Å²) in [4.78, 5) is 23.5. The molecule has 0 spiro atoms. The topological polar surface area (TPSA) is 78.9 Å². The molecule has 2 heterocycles. The van der Waals surface area contributed by atoms with Crippen molar-refractivity contribution in [2.24, 2.45) is 5.92 Å². The molecule has 0 saturated heterocycles. The number of rotatable bonds is 5. The predicted octanol–water partition coefficient (Wildman–Crippen LogP) is 6.33. The maximum absolute atomic E-state index is 11.8. The summed E-state index contributed by atoms with van der Waals surface area (Å²) >= 11 is 0. The standard InChI is InChI=1S/C30H28O6/c1-16(2)30-22(20-12-18-6-8-28(31)35-24(18)14-26(20)33-4)10-17(3)11-23(30)21-13-19-7-9-29(32)36-25(19)15-27(21)34-5/h6-10,12-15,22-23,30H,1,11H2,2-5H3. The Morgan fingerprint density at radius 1 is 0.861 bits per heavy atom. The molecule has 184 valence electrons. The van der Waals surface area contributed by atoms with Crippen molar-refractivity contribution in [2.75, 3.05) is 14.2 Å². The van der Waals surface area contributed by atoms with Gasteiger partial charge in [-0.15, -0.1) is 0 Å². The second-order valence-electron chi connectivity index (χ2n) is 9.49. The summed E-state index contributed by atoms with van der Waals surface area (Å²) < 4.78 is 22.4. The van der Waals surface area contributed by atoms with Gasteiger partial charge in [0, 0.05) is 46.5 Å². The van der Waals surface area contributed by atoms with Crippen LogP contribution >= 0.6 is 0 Å². The van der Waals surface area contributed by atoms with Gasteiger partial charge in [0.15, 0.2) is 0 Å². The summed E-state index contributed by atoms with van der Waals surface area (Å²) in [6.45, 7) is 8.57. The minimum absolute atomic E-state index is 0.0263. The molecule has 0 amide bonds. The fourth-order valence-electron chi connectivity index (χ4n) is 5.57. The third-order valence-electron chi connectivity index (χ3n) is 7.10. The van der Waals surface area contributed by atoms with Gasteiger partial charge < -0.3 is 18.3 Å². The fourth-order valence-corrected chi connectivity index (χ4v) is 5.57. The number of allylic oxidation sites excluding steroid dienone is 3. The second-order valence-corrected chi connectivity index (χ2v) is 9.49. The SMILES string of the molecule is C=C(C)C1C(c2cc3ccc(=O)oc3cc2OC)C=C(C)CC1c1cc2ccc(=O)oc2cc1OC. The van der Waals surface area contributed by atoms with Crippen LogP contribution in [0.25, 0.3) is 21.9 Å². The van der Waals surface area contributed by atoms with Crippen molar-refractivity contribution in [1.29, 1.82) is 0 Å². The van der Waals surface area contributed by atoms with E-state index in [-0.39, 0.29) is 17.8 Å². The highest BCUT2D eigenvalue weighted by molar-refractivity contribution is 5.81. The van der Waals surface area contributed by atoms with Crippen LogP contribution in [0.1, 0.15) is 43.2 Å². The van der Waals surface area contributed by atoms with Gasteiger partial charge in [0.1, 0.15) is 22.7 Å². The molecule has 6 heteroatoms. The number of methoxy groups -OCH3 is 2. The van der Waals surface area contributed by atoms with E-state index < -0.39 is 11.3 Å². The maximum atomic E-state index is 11.8. The van der Waals surface area contributed by atoms with Crippen LogP contribution in [-0.4, -0.2) is 14.2 Å². The van der Waals surface area contributed by atoms with Crippen LogP contribution < -0.4 is 20.7 Å². The van der Waals surface area contributed by atoms with Crippen molar-refractivity contribution in [3.05, 3.63) is 104 Å². The molecule has 0 radical (unpaired) electrons. The first-order chi connectivity index (χ1) is 17.3. The molecule has 4 aromatic rings. The summed E-state index contributed by atoms with van der Waals surface area (Å²) in [7, 11) is 3.25. The van der Waals surface area contributed by atoms with Crippen molar-refractivity contribution in [3.8, 4) is 11.5 Å². The molecule has 0 N–H and O–H groups in total. The molecule has 0 saturated carbocycles. The van der Waals surface area contributed by atoms with Crippen molar-refractivity contribution in [2.45, 2.75) is 32.1 Å². The normalized spacial score (nSPS) is 19.8. The molecule has 0 aliphatic heterocycles. The first-order valence-electron chi connectivity index (χ1n) is 11.9. The quantitative estimate of drug-likeness (QED) is 0.243. The van der Waals surface area contributed by atoms with Gasteiger partial charge in [0.05, 0.1) is 14.2 Å². The van der Waals surface area contributed by atoms with Crippen molar-refractivity contribution < 1.29 is 18.3 Å². The molecule has 36 heavy (non-hydrogen) atoms. The molecule has 2 aromatic heterocycles. The zero-order valence-electron chi connectivity index (χ0n) is 20.8. The van der Waals surface area contributed by atoms with E-state index in [4.69, 9.17) is 18.3 Å². The van der Waals surface area contributed by atoms with Gasteiger partial charge in [-0.05, 0) is 61.9 Å². The van der Waals surface area contributed by atoms with Gasteiger partial charge in [-0.2, -0.15) is 0 Å². The number of ether oxygens (including phenoxy) is 2. The summed E-state index contributed by atoms with van der Waals surface area (Å²) in [6.07, 6.45) is 3.11. The van der Waals surface area contributed by atoms with Crippen LogP contribution in [0.5, 0.6) is 11.5 Å². The van der Waals surface area contributed by atoms with E-state index in [2.05, 4.69) is 32.6 Å². The molecule has 1 aliphatic rings. The van der Waals surface area contributed by atoms with Gasteiger partial charge in [-0.1, -0.05) is 23.8 Å². The van der Waals surface area contributed by atoms with Crippen molar-refractivity contribution in [3.63, 3.8) is 0 Å². The Labute approximate surface area is 208 Å². The van der Waals surface area contributed by atoms with E-state index in [0.29, 0.717) is 22.7 Å². The molecular formula is C30H28O6. The molecule has 5 rings (SSSR count). The number of hydrogen-bond acceptors (Lipinski definition) is 6. The zero-order chi connectivity index (χ0) is 25.6. The third kappa shape index (κ3) is 4.13. The third-order valence-corrected chi connectivity index (χ3v) is 7.10. The average molecular weight is 485 g/mol. The summed E-state index contributed by atoms with van der Waals surface area (Å²) in [5, 5.41) is 1.67. The first kappa shape index (κ1) is 23.7. The van der Waals surface area contributed by atoms with Crippen LogP contribution in [0.3, 0.4) is 0 Å². The average Bonchev–Trinajstić information content (AvgIpc) is 2.86. The van der Waals surface area contributed by atoms with Crippen LogP contribution in [0.2, 0.25) is 0 Å². The number of hydrogen-bond donors (Lipinski definition) is 0. The summed E-state index contributed by atoms with van der Waals surface area (Å²) in [5.41, 5.74) is 4.51. The molecule has 1 aliphatic carbocycles. The molecule has 2 aromatic carbocycles. The Kier molecular flexibility index (Phi) is 6.04. The fraction of sp³-hybridized carbons (Fsp3) is 0.267. The highest BCUT2D eigenvalue weighted by Crippen LogP contribution is 2.52. The summed E-state index contributed by atoms with van der Waals surface area (Å²) in [6, 6.07) is 14.1. The van der Waals surface area contributed by atoms with Gasteiger partial charge in [-0.25, -0.2) is 9.59 Å². The Morgan fingerprint density at radius 3 is 1.92 bits per heavy atom. The predicted molar refractivity (Wildman–Crippen MR) is 140 cm³/mol. The highest BCUT2D eigenvalue weighted by Gasteiger charge is 2.37. The second kappa shape index (κ2) is 9.19. The largest absolute Gasteiger partial charge is 0.496 e. The van der Waals surface area contributed by atoms with E-state index in [1.165, 1.54) is 17.7 Å². The van der Waals surface area contributed by atoms with Crippen molar-refractivity contribution in [1.82, 2.24) is 0 Å². The lowest BCUT2D eigenvalue weighted by Gasteiger charge is -2.39. The van der Waals surface area contributed by atoms with Gasteiger partial charge in [0.2, 0.25) is 0 Å². The smallest absolute Gasteiger partial charge is 0.336 e. The van der Waals surface area contributed by atoms with E-state index >= 15 is 0 Å². The highest BCUT2D eigenvalue weighted by atomic mass is 16.5. The Balaban J connectivity index is 1.70. The van der Waals surface area contributed by atoms with Crippen LogP contribution in [0, 0.1) is 5.92 Å². The minimum Gasteiger partial charge on any atom is -0.496 e. The maximum Gasteiger partial charge on any atom is 0.336 e. The molecular weight excluding hydrogens is 456 g/mol. The minimum atomic E-state index is -0.398. The molecule has 3 atom stereocenters. The Bertz CT molecular complexity index is 1640. The Morgan fingerprint density at radius 2 is 1.39 bits per heavy atom. The van der Waals surface area contributed by atoms with Crippen LogP contribution in [0.15, 0.2) is 90.8 Å². The van der Waals surface area contributed by atoms with Crippen LogP contribution in [-0.2, 0) is 0 Å². The molecule has 0 fully saturated rings. The van der Waals surface area contributed by atoms with E-state index in [0.717, 1.165) is 33.9 Å². The lowest BCUT2D eigenvalue weighted by atomic mass is 9.65. The lowest BCUT2D eigenvalue weighted by molar-refractivity contribution is 0.365. The van der Waals surface area contributed by atoms with E-state index in [1.807, 2.05) is 6.07 Å². The molecule has 3 unspecified atom stereocenters. The van der Waals surface area contributed by atoms with E-state index in [9.17, 15) is 9.59 Å². The lowest BCUT2D eigenvalue weighted by Crippen LogP contribution is -2.26. The van der Waals surface area contributed by atoms with Gasteiger partial charge in [-0.3, -0.25) is 0 Å². The van der Waals surface area contributed by atoms with Crippen LogP contribution in [0.4, 0.5) is 0 Å². The summed E-state index contributed by atoms with van der Waals surface area (Å²) in [5.74, 6) is 1.41. The zero-order valence-corrected chi connectivity index (χ0v) is 20.8. The first-order valence-corrected chi connectivity index (χ1v) is 11.9. The van der Waals surface area contributed by atoms with Gasteiger partial charge in [0.25, 0.3) is 0 Å². The number of benzene rings is 2. The van der Waals surface area contributed by atoms with Crippen molar-refractivity contribution >= 4 is 21.9 Å². The van der Waals surface area contributed by atoms with Gasteiger partial charge >= 0.3 is 11.3 Å². The molecule has 6 nitrogen and oxygen atoms in total. The molecule has 0 bridgehead atoms. The number of fused-ring (bicyclic) bond motifs is 2. The van der Waals surface area contributed by atoms with E-state index in [1.54, 1.807) is 38.5 Å².